The first-order valence-electron chi connectivity index (χ1n) is 37.3. The SMILES string of the molecule is COC(=O)N[C@H](C(=O)N[C@@H](Cc1ccc(C#Cc2cnc(N3CC4CCC(C3)N4C3COC3)nc2)cc1)[C@H](CN(Cc1c(F)cc(-c2ccn(C(F)F)n2)cc1F)NC(=O)[C@@H](NC(=O)OC)C(C)(C)C(F)(F)F)OC(=O)CC(C)(C)c1c(CC(=O)NC23CC4CC(C2)CC(C(=O)O)(C4)C3)cc(C)cc1OP(=O)(O)O)C(C)(C)C(F)(F)F. The molecule has 116 heavy (non-hydrogen) atoms. The van der Waals surface area contributed by atoms with Gasteiger partial charge in [-0.2, -0.15) is 40.2 Å². The van der Waals surface area contributed by atoms with Gasteiger partial charge in [0.25, 0.3) is 5.91 Å². The number of phosphoric acid groups is 1. The van der Waals surface area contributed by atoms with E-state index in [9.17, 15) is 52.2 Å². The lowest BCUT2D eigenvalue weighted by Crippen LogP contribution is -2.64. The van der Waals surface area contributed by atoms with Crippen molar-refractivity contribution in [1.82, 2.24) is 56.4 Å². The average Bonchev–Trinajstić information content (AvgIpc) is 0.856. The lowest BCUT2D eigenvalue weighted by Gasteiger charge is -2.60. The number of carboxylic acids is 1. The molecule has 630 valence electrons. The van der Waals surface area contributed by atoms with Crippen LogP contribution >= 0.6 is 7.82 Å². The topological polar surface area (TPSA) is 357 Å². The molecule has 3 saturated heterocycles. The third kappa shape index (κ3) is 19.6. The van der Waals surface area contributed by atoms with E-state index in [-0.39, 0.29) is 45.2 Å². The van der Waals surface area contributed by atoms with Crippen LogP contribution in [-0.2, 0) is 72.3 Å². The maximum absolute atomic E-state index is 17.0. The number of hydrogen-bond acceptors (Lipinski definition) is 19. The Bertz CT molecular complexity index is 4600. The minimum absolute atomic E-state index is 0.00585. The number of phosphoric ester groups is 1. The highest BCUT2D eigenvalue weighted by Crippen LogP contribution is 2.62. The summed E-state index contributed by atoms with van der Waals surface area (Å²) in [6, 6.07) is 3.97. The molecule has 0 spiro atoms. The number of methoxy groups -OCH3 is 2. The monoisotopic (exact) mass is 1660 g/mol. The van der Waals surface area contributed by atoms with Crippen LogP contribution in [0.15, 0.2) is 73.2 Å². The maximum Gasteiger partial charge on any atom is 0.524 e. The number of anilines is 1. The van der Waals surface area contributed by atoms with Crippen LogP contribution in [0.2, 0.25) is 0 Å². The van der Waals surface area contributed by atoms with Gasteiger partial charge >= 0.3 is 50.8 Å². The molecule has 5 heterocycles. The first kappa shape index (κ1) is 87.2. The van der Waals surface area contributed by atoms with Crippen molar-refractivity contribution in [3.8, 4) is 28.8 Å². The van der Waals surface area contributed by atoms with Crippen LogP contribution in [0, 0.1) is 58.5 Å². The van der Waals surface area contributed by atoms with Crippen LogP contribution in [0.5, 0.6) is 5.75 Å². The molecule has 4 saturated carbocycles. The molecular weight excluding hydrogens is 1570 g/mol. The fourth-order valence-corrected chi connectivity index (χ4v) is 17.8. The summed E-state index contributed by atoms with van der Waals surface area (Å²) in [7, 11) is -4.09. The second-order valence-electron chi connectivity index (χ2n) is 32.8. The Morgan fingerprint density at radius 1 is 0.759 bits per heavy atom. The summed E-state index contributed by atoms with van der Waals surface area (Å²) in [5.41, 5.74) is -9.57. The molecule has 12 rings (SSSR count). The molecule has 7 fully saturated rings. The molecule has 8 atom stereocenters. The first-order valence-corrected chi connectivity index (χ1v) is 38.9. The van der Waals surface area contributed by atoms with Gasteiger partial charge in [-0.15, -0.1) is 0 Å². The number of rotatable bonds is 29. The van der Waals surface area contributed by atoms with Crippen molar-refractivity contribution in [3.05, 3.63) is 124 Å². The van der Waals surface area contributed by atoms with E-state index in [1.54, 1.807) is 17.7 Å². The number of aliphatic carboxylic acids is 1. The number of esters is 1. The lowest BCUT2D eigenvalue weighted by molar-refractivity contribution is -0.221. The van der Waals surface area contributed by atoms with E-state index >= 15 is 44.7 Å². The van der Waals surface area contributed by atoms with Crippen LogP contribution in [-0.4, -0.2) is 194 Å². The zero-order chi connectivity index (χ0) is 84.7. The number of alkyl carbamates (subject to hydrolysis) is 2. The smallest absolute Gasteiger partial charge is 0.481 e. The number of hydrazine groups is 1. The van der Waals surface area contributed by atoms with E-state index in [4.69, 9.17) is 14.0 Å². The third-order valence-electron chi connectivity index (χ3n) is 23.0. The van der Waals surface area contributed by atoms with Gasteiger partial charge in [-0.25, -0.2) is 42.6 Å². The van der Waals surface area contributed by atoms with Crippen LogP contribution < -0.4 is 36.1 Å². The fourth-order valence-electron chi connectivity index (χ4n) is 17.4. The molecule has 6 bridgehead atoms. The minimum Gasteiger partial charge on any atom is -0.481 e. The zero-order valence-electron chi connectivity index (χ0n) is 64.7. The quantitative estimate of drug-likeness (QED) is 0.00551. The Labute approximate surface area is 660 Å². The molecular formula is C77H91F10N12O16P. The second kappa shape index (κ2) is 33.7. The first-order chi connectivity index (χ1) is 54.2. The van der Waals surface area contributed by atoms with Gasteiger partial charge in [0, 0.05) is 83.5 Å². The molecule has 4 aliphatic carbocycles. The van der Waals surface area contributed by atoms with Gasteiger partial charge in [0.05, 0.1) is 86.4 Å². The lowest BCUT2D eigenvalue weighted by atomic mass is 9.47. The standard InChI is InChI=1S/C77H91F10N12O16P/c1-41-20-48(26-59(100)93-75-29-45-22-46(30-75)28-74(27-45,40-75)66(104)105)61(57(21-41)115-116(108,109)110)71(2,3)31-60(101)114-58(37-97(95-65(103)63(92-70(107)112-9)73(6,7)77(85,86)87)36-52-53(78)24-47(25-54(52)79)55-18-19-98(94-55)67(80)81)56(90-64(102)62(91-69(106)111-8)72(4,5)76(82,83)84)23-43-13-10-42(11-14-43)12-15-44-32-88-68(89-33-44)96-34-49-16-17-50(35-96)99(49)51-38-113-39-51/h10-11,13-14,18-21,24-25,32-33,45-46,49-51,56,58,62-63,67H,16-17,22-23,26-31,34-40H2,1-9H3,(H,90,102)(H,91,106)(H,92,107)(H,93,100)(H,95,103)(H,104,105)(H2,108,109,110)/t45?,46?,49?,50?,56-,58-,62+,63+,74?,75?/m0/s1. The number of alkyl halides is 8. The minimum atomic E-state index is -5.59. The van der Waals surface area contributed by atoms with Crippen LogP contribution in [0.4, 0.5) is 59.4 Å². The van der Waals surface area contributed by atoms with Crippen molar-refractivity contribution in [3.63, 3.8) is 0 Å². The highest BCUT2D eigenvalue weighted by molar-refractivity contribution is 7.46. The maximum atomic E-state index is 17.0. The third-order valence-corrected chi connectivity index (χ3v) is 23.4. The number of halogens is 10. The van der Waals surface area contributed by atoms with E-state index in [0.29, 0.717) is 132 Å². The van der Waals surface area contributed by atoms with E-state index < -0.39 is 187 Å². The number of carbonyl (C=O) groups is 7. The molecule has 3 aliphatic heterocycles. The summed E-state index contributed by atoms with van der Waals surface area (Å²) in [6.07, 6.45) is -10.1. The number of benzene rings is 3. The average molecular weight is 1660 g/mol. The number of carboxylic acid groups (broad SMARTS) is 1. The number of carbonyl (C=O) groups excluding carboxylic acids is 6. The molecule has 39 heteroatoms. The Hall–Kier alpha value is -9.67. The Morgan fingerprint density at radius 3 is 1.84 bits per heavy atom. The number of nitrogens with zero attached hydrogens (tertiary/aromatic N) is 7. The van der Waals surface area contributed by atoms with Gasteiger partial charge in [0.2, 0.25) is 17.8 Å². The molecule has 3 aromatic carbocycles. The molecule has 5 aromatic rings. The van der Waals surface area contributed by atoms with Crippen molar-refractivity contribution in [2.24, 2.45) is 28.1 Å². The van der Waals surface area contributed by atoms with E-state index in [0.717, 1.165) is 45.7 Å². The largest absolute Gasteiger partial charge is 0.524 e. The summed E-state index contributed by atoms with van der Waals surface area (Å²) in [6.45, 7) is 3.03. The number of aryl methyl sites for hydroxylation is 1. The molecule has 7 aliphatic rings. The second-order valence-corrected chi connectivity index (χ2v) is 34.0. The Kier molecular flexibility index (Phi) is 25.4. The summed E-state index contributed by atoms with van der Waals surface area (Å²) in [4.78, 5) is 134. The van der Waals surface area contributed by atoms with Crippen molar-refractivity contribution < 1.29 is 120 Å². The number of amides is 5. The predicted octanol–water partition coefficient (Wildman–Crippen LogP) is 9.79. The van der Waals surface area contributed by atoms with Crippen molar-refractivity contribution in [2.45, 2.75) is 198 Å². The van der Waals surface area contributed by atoms with Crippen molar-refractivity contribution in [2.75, 3.05) is 52.0 Å². The van der Waals surface area contributed by atoms with Gasteiger partial charge in [-0.3, -0.25) is 44.1 Å². The van der Waals surface area contributed by atoms with Gasteiger partial charge in [-0.1, -0.05) is 43.9 Å². The number of fused-ring (bicyclic) bond motifs is 2. The van der Waals surface area contributed by atoms with Gasteiger partial charge in [0.1, 0.15) is 35.6 Å². The Balaban J connectivity index is 1.01. The molecule has 2 aromatic heterocycles. The van der Waals surface area contributed by atoms with Gasteiger partial charge < -0.3 is 54.7 Å². The predicted molar refractivity (Wildman–Crippen MR) is 392 cm³/mol. The number of aromatic nitrogens is 4. The van der Waals surface area contributed by atoms with Crippen molar-refractivity contribution >= 4 is 55.6 Å². The summed E-state index contributed by atoms with van der Waals surface area (Å²) in [5.74, 6) is -3.95. The highest BCUT2D eigenvalue weighted by Gasteiger charge is 2.62. The normalized spacial score (nSPS) is 22.0. The number of ether oxygens (including phenoxy) is 4. The number of hydrogen-bond donors (Lipinski definition) is 8. The molecule has 5 amide bonds. The van der Waals surface area contributed by atoms with Crippen LogP contribution in [0.3, 0.4) is 0 Å². The van der Waals surface area contributed by atoms with Crippen LogP contribution in [0.1, 0.15) is 145 Å². The van der Waals surface area contributed by atoms with Crippen molar-refractivity contribution in [1.29, 1.82) is 0 Å². The van der Waals surface area contributed by atoms with Crippen LogP contribution in [0.25, 0.3) is 11.3 Å². The molecule has 28 nitrogen and oxygen atoms in total. The zero-order valence-corrected chi connectivity index (χ0v) is 65.6. The van der Waals surface area contributed by atoms with E-state index in [1.807, 2.05) is 5.32 Å². The van der Waals surface area contributed by atoms with E-state index in [2.05, 4.69) is 62.2 Å². The highest BCUT2D eigenvalue weighted by atomic mass is 31.2. The summed E-state index contributed by atoms with van der Waals surface area (Å²) >= 11 is 0. The molecule has 4 unspecified atom stereocenters. The molecule has 0 radical (unpaired) electrons. The summed E-state index contributed by atoms with van der Waals surface area (Å²) in [5, 5.41) is 23.8. The van der Waals surface area contributed by atoms with Gasteiger partial charge in [-0.05, 0) is 157 Å². The fraction of sp³-hybridized carbons (Fsp3) is 0.558. The number of nitrogens with one attached hydrogen (secondary N) is 5. The number of piperazine rings is 1. The van der Waals surface area contributed by atoms with E-state index in [1.165, 1.54) is 57.2 Å². The molecule has 8 N–H and O–H groups in total. The summed E-state index contributed by atoms with van der Waals surface area (Å²) < 4.78 is 193. The Morgan fingerprint density at radius 2 is 1.33 bits per heavy atom. The van der Waals surface area contributed by atoms with Gasteiger partial charge in [0.15, 0.2) is 0 Å².